The molecule has 2 fully saturated rings. The Hall–Kier alpha value is -0.120. The third kappa shape index (κ3) is 3.06. The lowest BCUT2D eigenvalue weighted by Crippen LogP contribution is -2.43. The van der Waals surface area contributed by atoms with Gasteiger partial charge in [-0.1, -0.05) is 26.7 Å². The van der Waals surface area contributed by atoms with Crippen molar-refractivity contribution < 1.29 is 10.2 Å². The van der Waals surface area contributed by atoms with E-state index in [2.05, 4.69) is 25.8 Å². The Balaban J connectivity index is 1.83. The van der Waals surface area contributed by atoms with Gasteiger partial charge in [-0.25, -0.2) is 0 Å². The van der Waals surface area contributed by atoms with Crippen molar-refractivity contribution in [2.75, 3.05) is 20.1 Å². The van der Waals surface area contributed by atoms with Crippen LogP contribution in [0.2, 0.25) is 0 Å². The second-order valence-electron chi connectivity index (χ2n) is 7.36. The summed E-state index contributed by atoms with van der Waals surface area (Å²) in [6.45, 7) is 5.98. The Morgan fingerprint density at radius 1 is 1.17 bits per heavy atom. The number of aliphatic hydroxyl groups is 2. The summed E-state index contributed by atoms with van der Waals surface area (Å²) in [7, 11) is 2.08. The number of aliphatic hydroxyl groups excluding tert-OH is 1. The number of hydrogen-bond donors (Lipinski definition) is 2. The maximum Gasteiger partial charge on any atom is 0.0774 e. The maximum atomic E-state index is 10.4. The summed E-state index contributed by atoms with van der Waals surface area (Å²) in [4.78, 5) is 2.22. The molecule has 0 bridgehead atoms. The van der Waals surface area contributed by atoms with Crippen LogP contribution in [0.25, 0.3) is 0 Å². The lowest BCUT2D eigenvalue weighted by Gasteiger charge is -2.32. The summed E-state index contributed by atoms with van der Waals surface area (Å²) >= 11 is 0. The fourth-order valence-corrected chi connectivity index (χ4v) is 3.85. The van der Waals surface area contributed by atoms with Crippen molar-refractivity contribution in [2.45, 2.75) is 64.1 Å². The molecule has 0 aromatic carbocycles. The highest BCUT2D eigenvalue weighted by Crippen LogP contribution is 2.41. The predicted molar refractivity (Wildman–Crippen MR) is 73.4 cm³/mol. The highest BCUT2D eigenvalue weighted by molar-refractivity contribution is 4.93. The average Bonchev–Trinajstić information content (AvgIpc) is 2.78. The molecule has 0 aromatic heterocycles. The zero-order chi connectivity index (χ0) is 13.4. The van der Waals surface area contributed by atoms with Crippen LogP contribution in [-0.2, 0) is 0 Å². The van der Waals surface area contributed by atoms with Gasteiger partial charge in [0.15, 0.2) is 0 Å². The van der Waals surface area contributed by atoms with Crippen LogP contribution in [0.4, 0.5) is 0 Å². The minimum absolute atomic E-state index is 0.0652. The van der Waals surface area contributed by atoms with Gasteiger partial charge in [-0.2, -0.15) is 0 Å². The summed E-state index contributed by atoms with van der Waals surface area (Å²) in [5.74, 6) is 0.370. The molecule has 2 rings (SSSR count). The molecule has 3 heteroatoms. The van der Waals surface area contributed by atoms with Gasteiger partial charge in [0.1, 0.15) is 0 Å². The van der Waals surface area contributed by atoms with Crippen molar-refractivity contribution in [1.29, 1.82) is 0 Å². The molecule has 0 aromatic rings. The van der Waals surface area contributed by atoms with Crippen molar-refractivity contribution in [2.24, 2.45) is 11.3 Å². The van der Waals surface area contributed by atoms with Gasteiger partial charge >= 0.3 is 0 Å². The summed E-state index contributed by atoms with van der Waals surface area (Å²) in [5.41, 5.74) is -0.399. The molecule has 0 spiro atoms. The Kier molecular flexibility index (Phi) is 4.05. The van der Waals surface area contributed by atoms with E-state index in [0.29, 0.717) is 5.92 Å². The van der Waals surface area contributed by atoms with Crippen LogP contribution in [0.1, 0.15) is 52.4 Å². The largest absolute Gasteiger partial charge is 0.392 e. The molecule has 2 aliphatic rings. The minimum atomic E-state index is -0.464. The molecule has 0 radical (unpaired) electrons. The fourth-order valence-electron chi connectivity index (χ4n) is 3.85. The highest BCUT2D eigenvalue weighted by Gasteiger charge is 2.41. The van der Waals surface area contributed by atoms with Crippen molar-refractivity contribution >= 4 is 0 Å². The van der Waals surface area contributed by atoms with Crippen LogP contribution in [0, 0.1) is 11.3 Å². The number of likely N-dealkylation sites (N-methyl/N-ethyl adjacent to an activating group) is 1. The topological polar surface area (TPSA) is 43.7 Å². The van der Waals surface area contributed by atoms with Gasteiger partial charge in [-0.15, -0.1) is 0 Å². The molecule has 2 N–H and O–H groups in total. The number of rotatable bonds is 4. The van der Waals surface area contributed by atoms with Gasteiger partial charge in [0.2, 0.25) is 0 Å². The van der Waals surface area contributed by atoms with Gasteiger partial charge in [-0.3, -0.25) is 0 Å². The Morgan fingerprint density at radius 2 is 1.78 bits per heavy atom. The molecular formula is C15H29NO2. The highest BCUT2D eigenvalue weighted by atomic mass is 16.3. The molecule has 106 valence electrons. The molecule has 0 heterocycles. The molecule has 2 unspecified atom stereocenters. The van der Waals surface area contributed by atoms with Crippen molar-refractivity contribution in [3.05, 3.63) is 0 Å². The zero-order valence-corrected chi connectivity index (χ0v) is 12.2. The van der Waals surface area contributed by atoms with E-state index in [4.69, 9.17) is 0 Å². The van der Waals surface area contributed by atoms with Crippen molar-refractivity contribution in [3.63, 3.8) is 0 Å². The Labute approximate surface area is 111 Å². The van der Waals surface area contributed by atoms with E-state index in [1.54, 1.807) is 0 Å². The van der Waals surface area contributed by atoms with Gasteiger partial charge in [0, 0.05) is 13.1 Å². The maximum absolute atomic E-state index is 10.4. The molecule has 2 saturated carbocycles. The molecule has 2 aliphatic carbocycles. The van der Waals surface area contributed by atoms with Gasteiger partial charge in [-0.05, 0) is 44.1 Å². The van der Waals surface area contributed by atoms with Crippen LogP contribution < -0.4 is 0 Å². The summed E-state index contributed by atoms with van der Waals surface area (Å²) in [6.07, 6.45) is 6.21. The quantitative estimate of drug-likeness (QED) is 0.808. The smallest absolute Gasteiger partial charge is 0.0774 e. The number of nitrogens with zero attached hydrogens (tertiary/aromatic N) is 1. The van der Waals surface area contributed by atoms with E-state index in [0.717, 1.165) is 51.6 Å². The van der Waals surface area contributed by atoms with Gasteiger partial charge in [0.05, 0.1) is 11.7 Å². The summed E-state index contributed by atoms with van der Waals surface area (Å²) in [5, 5.41) is 20.7. The van der Waals surface area contributed by atoms with Gasteiger partial charge < -0.3 is 15.1 Å². The normalized spacial score (nSPS) is 34.3. The standard InChI is InChI=1S/C15H29NO2/c1-14(2)9-6-12(13(14)17)10-16(3)11-15(18)7-4-5-8-15/h12-13,17-18H,4-11H2,1-3H3. The molecule has 18 heavy (non-hydrogen) atoms. The first-order chi connectivity index (χ1) is 8.32. The second-order valence-corrected chi connectivity index (χ2v) is 7.36. The van der Waals surface area contributed by atoms with Gasteiger partial charge in [0.25, 0.3) is 0 Å². The number of hydrogen-bond acceptors (Lipinski definition) is 3. The monoisotopic (exact) mass is 255 g/mol. The van der Waals surface area contributed by atoms with Crippen LogP contribution in [-0.4, -0.2) is 47.0 Å². The lowest BCUT2D eigenvalue weighted by atomic mass is 9.87. The summed E-state index contributed by atoms with van der Waals surface area (Å²) in [6, 6.07) is 0. The first-order valence-electron chi connectivity index (χ1n) is 7.41. The van der Waals surface area contributed by atoms with E-state index < -0.39 is 5.60 Å². The third-order valence-electron chi connectivity index (χ3n) is 5.05. The van der Waals surface area contributed by atoms with E-state index in [-0.39, 0.29) is 11.5 Å². The van der Waals surface area contributed by atoms with Crippen LogP contribution >= 0.6 is 0 Å². The Bertz CT molecular complexity index is 284. The molecule has 3 nitrogen and oxygen atoms in total. The lowest BCUT2D eigenvalue weighted by molar-refractivity contribution is -0.00257. The van der Waals surface area contributed by atoms with E-state index in [9.17, 15) is 10.2 Å². The van der Waals surface area contributed by atoms with E-state index in [1.807, 2.05) is 0 Å². The van der Waals surface area contributed by atoms with Crippen molar-refractivity contribution in [1.82, 2.24) is 4.90 Å². The van der Waals surface area contributed by atoms with E-state index in [1.165, 1.54) is 0 Å². The third-order valence-corrected chi connectivity index (χ3v) is 5.05. The average molecular weight is 255 g/mol. The minimum Gasteiger partial charge on any atom is -0.392 e. The summed E-state index contributed by atoms with van der Waals surface area (Å²) < 4.78 is 0. The second kappa shape index (κ2) is 5.10. The van der Waals surface area contributed by atoms with Crippen LogP contribution in [0.5, 0.6) is 0 Å². The van der Waals surface area contributed by atoms with Crippen molar-refractivity contribution in [3.8, 4) is 0 Å². The van der Waals surface area contributed by atoms with Crippen LogP contribution in [0.3, 0.4) is 0 Å². The molecule has 2 atom stereocenters. The molecule has 0 saturated heterocycles. The zero-order valence-electron chi connectivity index (χ0n) is 12.2. The molecular weight excluding hydrogens is 226 g/mol. The Morgan fingerprint density at radius 3 is 2.28 bits per heavy atom. The fraction of sp³-hybridized carbons (Fsp3) is 1.00. The van der Waals surface area contributed by atoms with E-state index >= 15 is 0 Å². The first kappa shape index (κ1) is 14.3. The SMILES string of the molecule is CN(CC1CCC(C)(C)C1O)CC1(O)CCCC1. The molecule has 0 amide bonds. The molecule has 0 aliphatic heterocycles. The van der Waals surface area contributed by atoms with Crippen LogP contribution in [0.15, 0.2) is 0 Å². The predicted octanol–water partition coefficient (Wildman–Crippen LogP) is 2.02. The first-order valence-corrected chi connectivity index (χ1v) is 7.41.